The molecule has 0 aliphatic heterocycles. The van der Waals surface area contributed by atoms with Crippen LogP contribution < -0.4 is 10.6 Å². The Morgan fingerprint density at radius 3 is 2.55 bits per heavy atom. The summed E-state index contributed by atoms with van der Waals surface area (Å²) in [5.74, 6) is 0.249. The van der Waals surface area contributed by atoms with Crippen LogP contribution in [0, 0.1) is 0 Å². The molecule has 1 aromatic rings. The summed E-state index contributed by atoms with van der Waals surface area (Å²) in [6.45, 7) is 2.88. The summed E-state index contributed by atoms with van der Waals surface area (Å²) in [6, 6.07) is 9.67. The van der Waals surface area contributed by atoms with Crippen LogP contribution in [0.4, 0.5) is 0 Å². The average molecular weight is 298 g/mol. The van der Waals surface area contributed by atoms with Crippen LogP contribution in [0.5, 0.6) is 0 Å². The zero-order valence-corrected chi connectivity index (χ0v) is 12.6. The molecule has 1 rings (SSSR count). The fourth-order valence-electron chi connectivity index (χ4n) is 1.62. The first-order valence-electron chi connectivity index (χ1n) is 6.75. The van der Waals surface area contributed by atoms with E-state index in [1.807, 2.05) is 30.3 Å². The highest BCUT2D eigenvalue weighted by Crippen LogP contribution is 1.96. The number of nitrogens with one attached hydrogen (secondary N) is 2. The quantitative estimate of drug-likeness (QED) is 0.659. The van der Waals surface area contributed by atoms with Crippen molar-refractivity contribution in [1.29, 1.82) is 0 Å². The van der Waals surface area contributed by atoms with Gasteiger partial charge in [0.15, 0.2) is 0 Å². The first kappa shape index (κ1) is 16.7. The number of benzene rings is 1. The van der Waals surface area contributed by atoms with Crippen LogP contribution in [0.15, 0.2) is 30.3 Å². The van der Waals surface area contributed by atoms with Gasteiger partial charge in [-0.15, -0.1) is 0 Å². The molecule has 0 radical (unpaired) electrons. The Hall–Kier alpha value is -1.40. The molecule has 6 heteroatoms. The molecule has 1 amide bonds. The van der Waals surface area contributed by atoms with Crippen LogP contribution in [0.1, 0.15) is 18.9 Å². The Labute approximate surface area is 120 Å². The number of carbonyl (C=O) groups is 1. The summed E-state index contributed by atoms with van der Waals surface area (Å²) in [4.78, 5) is 11.5. The van der Waals surface area contributed by atoms with Gasteiger partial charge >= 0.3 is 0 Å². The molecule has 0 aliphatic rings. The number of amides is 1. The largest absolute Gasteiger partial charge is 0.351 e. The van der Waals surface area contributed by atoms with E-state index in [2.05, 4.69) is 10.6 Å². The molecule has 0 aromatic heterocycles. The van der Waals surface area contributed by atoms with Crippen molar-refractivity contribution in [3.8, 4) is 0 Å². The Morgan fingerprint density at radius 1 is 1.20 bits per heavy atom. The molecule has 5 nitrogen and oxygen atoms in total. The molecule has 0 atom stereocenters. The van der Waals surface area contributed by atoms with Gasteiger partial charge in [0.2, 0.25) is 5.91 Å². The standard InChI is InChI=1S/C14H22N2O3S/c1-2-20(18,19)10-6-9-15-12-14(17)16-11-13-7-4-3-5-8-13/h3-5,7-8,15H,2,6,9-12H2,1H3,(H,16,17). The van der Waals surface area contributed by atoms with Crippen molar-refractivity contribution in [1.82, 2.24) is 10.6 Å². The van der Waals surface area contributed by atoms with E-state index >= 15 is 0 Å². The van der Waals surface area contributed by atoms with E-state index in [0.29, 0.717) is 19.5 Å². The Kier molecular flexibility index (Phi) is 7.25. The van der Waals surface area contributed by atoms with E-state index in [-0.39, 0.29) is 24.0 Å². The van der Waals surface area contributed by atoms with Gasteiger partial charge in [-0.05, 0) is 18.5 Å². The van der Waals surface area contributed by atoms with E-state index in [4.69, 9.17) is 0 Å². The van der Waals surface area contributed by atoms with Crippen LogP contribution in [-0.4, -0.2) is 38.9 Å². The Balaban J connectivity index is 2.09. The predicted octanol–water partition coefficient (Wildman–Crippen LogP) is 0.717. The molecule has 0 saturated heterocycles. The van der Waals surface area contributed by atoms with Crippen LogP contribution in [0.2, 0.25) is 0 Å². The van der Waals surface area contributed by atoms with E-state index < -0.39 is 9.84 Å². The van der Waals surface area contributed by atoms with E-state index in [1.54, 1.807) is 6.92 Å². The molecule has 0 fully saturated rings. The fraction of sp³-hybridized carbons (Fsp3) is 0.500. The molecule has 0 spiro atoms. The van der Waals surface area contributed by atoms with Crippen LogP contribution in [0.3, 0.4) is 0 Å². The minimum absolute atomic E-state index is 0.0906. The van der Waals surface area contributed by atoms with Gasteiger partial charge in [0.1, 0.15) is 9.84 Å². The molecule has 20 heavy (non-hydrogen) atoms. The van der Waals surface area contributed by atoms with Crippen molar-refractivity contribution in [2.24, 2.45) is 0 Å². The van der Waals surface area contributed by atoms with Gasteiger partial charge in [0, 0.05) is 12.3 Å². The van der Waals surface area contributed by atoms with Crippen molar-refractivity contribution in [2.75, 3.05) is 24.6 Å². The number of carbonyl (C=O) groups excluding carboxylic acids is 1. The molecule has 0 aliphatic carbocycles. The van der Waals surface area contributed by atoms with E-state index in [0.717, 1.165) is 5.56 Å². The highest BCUT2D eigenvalue weighted by Gasteiger charge is 2.06. The summed E-state index contributed by atoms with van der Waals surface area (Å²) in [7, 11) is -2.91. The summed E-state index contributed by atoms with van der Waals surface area (Å²) in [5, 5.41) is 5.74. The molecule has 0 unspecified atom stereocenters. The number of hydrogen-bond donors (Lipinski definition) is 2. The van der Waals surface area contributed by atoms with Gasteiger partial charge < -0.3 is 10.6 Å². The molecule has 112 valence electrons. The minimum Gasteiger partial charge on any atom is -0.351 e. The first-order chi connectivity index (χ1) is 9.53. The van der Waals surface area contributed by atoms with Gasteiger partial charge in [0.05, 0.1) is 12.3 Å². The zero-order chi connectivity index (χ0) is 14.8. The van der Waals surface area contributed by atoms with Gasteiger partial charge in [-0.2, -0.15) is 0 Å². The lowest BCUT2D eigenvalue weighted by atomic mass is 10.2. The van der Waals surface area contributed by atoms with Gasteiger partial charge in [-0.25, -0.2) is 8.42 Å². The van der Waals surface area contributed by atoms with Crippen molar-refractivity contribution in [2.45, 2.75) is 19.9 Å². The summed E-state index contributed by atoms with van der Waals surface area (Å²) >= 11 is 0. The maximum Gasteiger partial charge on any atom is 0.234 e. The van der Waals surface area contributed by atoms with Crippen LogP contribution in [-0.2, 0) is 21.2 Å². The lowest BCUT2D eigenvalue weighted by Gasteiger charge is -2.07. The summed E-state index contributed by atoms with van der Waals surface area (Å²) in [6.07, 6.45) is 0.530. The third-order valence-electron chi connectivity index (χ3n) is 2.87. The maximum atomic E-state index is 11.5. The summed E-state index contributed by atoms with van der Waals surface area (Å²) in [5.41, 5.74) is 1.05. The lowest BCUT2D eigenvalue weighted by Crippen LogP contribution is -2.34. The molecule has 0 heterocycles. The molecular formula is C14H22N2O3S. The third-order valence-corrected chi connectivity index (χ3v) is 4.66. The minimum atomic E-state index is -2.91. The smallest absolute Gasteiger partial charge is 0.234 e. The van der Waals surface area contributed by atoms with E-state index in [1.165, 1.54) is 0 Å². The van der Waals surface area contributed by atoms with Crippen LogP contribution in [0.25, 0.3) is 0 Å². The normalized spacial score (nSPS) is 11.2. The molecule has 0 saturated carbocycles. The Morgan fingerprint density at radius 2 is 1.90 bits per heavy atom. The van der Waals surface area contributed by atoms with Crippen molar-refractivity contribution in [3.63, 3.8) is 0 Å². The molecule has 0 bridgehead atoms. The Bertz CT molecular complexity index is 500. The first-order valence-corrected chi connectivity index (χ1v) is 8.57. The van der Waals surface area contributed by atoms with Gasteiger partial charge in [-0.1, -0.05) is 37.3 Å². The van der Waals surface area contributed by atoms with Crippen molar-refractivity contribution < 1.29 is 13.2 Å². The third kappa shape index (κ3) is 7.25. The van der Waals surface area contributed by atoms with Crippen LogP contribution >= 0.6 is 0 Å². The SMILES string of the molecule is CCS(=O)(=O)CCCNCC(=O)NCc1ccccc1. The predicted molar refractivity (Wildman–Crippen MR) is 80.1 cm³/mol. The highest BCUT2D eigenvalue weighted by atomic mass is 32.2. The van der Waals surface area contributed by atoms with Gasteiger partial charge in [-0.3, -0.25) is 4.79 Å². The second kappa shape index (κ2) is 8.71. The van der Waals surface area contributed by atoms with Crippen molar-refractivity contribution >= 4 is 15.7 Å². The summed E-state index contributed by atoms with van der Waals surface area (Å²) < 4.78 is 22.5. The monoisotopic (exact) mass is 298 g/mol. The second-order valence-electron chi connectivity index (χ2n) is 4.53. The molecule has 1 aromatic carbocycles. The number of hydrogen-bond acceptors (Lipinski definition) is 4. The second-order valence-corrected chi connectivity index (χ2v) is 7.00. The molecular weight excluding hydrogens is 276 g/mol. The molecule has 2 N–H and O–H groups in total. The van der Waals surface area contributed by atoms with Gasteiger partial charge in [0.25, 0.3) is 0 Å². The average Bonchev–Trinajstić information content (AvgIpc) is 2.46. The number of sulfone groups is 1. The maximum absolute atomic E-state index is 11.5. The lowest BCUT2D eigenvalue weighted by molar-refractivity contribution is -0.120. The topological polar surface area (TPSA) is 75.3 Å². The van der Waals surface area contributed by atoms with Crippen molar-refractivity contribution in [3.05, 3.63) is 35.9 Å². The highest BCUT2D eigenvalue weighted by molar-refractivity contribution is 7.91. The number of rotatable bonds is 9. The van der Waals surface area contributed by atoms with E-state index in [9.17, 15) is 13.2 Å². The fourth-order valence-corrected chi connectivity index (χ4v) is 2.50. The zero-order valence-electron chi connectivity index (χ0n) is 11.8.